The zero-order chi connectivity index (χ0) is 23.8. The second kappa shape index (κ2) is 11.9. The summed E-state index contributed by atoms with van der Waals surface area (Å²) in [5, 5.41) is 9.82. The van der Waals surface area contributed by atoms with E-state index in [-0.39, 0.29) is 18.7 Å². The van der Waals surface area contributed by atoms with Crippen LogP contribution < -0.4 is 20.1 Å². The molecule has 3 aromatic rings. The largest absolute Gasteiger partial charge is 0.454 e. The Morgan fingerprint density at radius 1 is 1.03 bits per heavy atom. The minimum absolute atomic E-state index is 0.0616. The number of benzene rings is 1. The molecule has 0 fully saturated rings. The Bertz CT molecular complexity index is 1030. The van der Waals surface area contributed by atoms with E-state index in [2.05, 4.69) is 17.6 Å². The van der Waals surface area contributed by atoms with E-state index in [1.165, 1.54) is 0 Å². The predicted molar refractivity (Wildman–Crippen MR) is 134 cm³/mol. The van der Waals surface area contributed by atoms with Crippen LogP contribution in [0.1, 0.15) is 41.5 Å². The first kappa shape index (κ1) is 24.1. The Balaban J connectivity index is 1.40. The number of carbonyl (C=O) groups excluding carboxylic acids is 2. The summed E-state index contributed by atoms with van der Waals surface area (Å²) in [5.41, 5.74) is 0.896. The second-order valence-electron chi connectivity index (χ2n) is 8.06. The van der Waals surface area contributed by atoms with Gasteiger partial charge in [0.2, 0.25) is 12.7 Å². The van der Waals surface area contributed by atoms with Crippen LogP contribution in [0.25, 0.3) is 0 Å². The molecule has 180 valence electrons. The van der Waals surface area contributed by atoms with E-state index in [0.717, 1.165) is 28.2 Å². The van der Waals surface area contributed by atoms with Crippen molar-refractivity contribution in [2.24, 2.45) is 0 Å². The van der Waals surface area contributed by atoms with Crippen LogP contribution in [0.3, 0.4) is 0 Å². The van der Waals surface area contributed by atoms with Crippen molar-refractivity contribution in [3.8, 4) is 11.5 Å². The first-order valence-electron chi connectivity index (χ1n) is 11.4. The average molecular weight is 500 g/mol. The molecule has 0 saturated heterocycles. The Labute approximate surface area is 207 Å². The molecule has 0 spiro atoms. The quantitative estimate of drug-likeness (QED) is 0.384. The number of unbranched alkanes of at least 4 members (excludes halogenated alkanes) is 1. The van der Waals surface area contributed by atoms with Gasteiger partial charge in [0.1, 0.15) is 6.04 Å². The maximum absolute atomic E-state index is 13.6. The molecule has 34 heavy (non-hydrogen) atoms. The van der Waals surface area contributed by atoms with E-state index in [1.54, 1.807) is 22.7 Å². The fourth-order valence-corrected chi connectivity index (χ4v) is 5.16. The molecule has 1 aliphatic heterocycles. The molecule has 1 atom stereocenters. The number of thiophene rings is 2. The summed E-state index contributed by atoms with van der Waals surface area (Å²) in [7, 11) is 0. The molecule has 4 rings (SSSR count). The number of amides is 3. The standard InChI is InChI=1S/C25H29N3O4S2/c1-2-3-8-21(27-25(30)26-14-18-9-10-22-23(13-18)32-17-31-22)24(29)28(15-19-6-4-11-33-19)16-20-7-5-12-34-20/h4-7,9-13,21H,2-3,8,14-17H2,1H3,(H2,26,27,30)/t21-/m0/s1. The van der Waals surface area contributed by atoms with Gasteiger partial charge in [0, 0.05) is 16.3 Å². The number of ether oxygens (including phenoxy) is 2. The first-order chi connectivity index (χ1) is 16.6. The van der Waals surface area contributed by atoms with Crippen molar-refractivity contribution in [3.05, 3.63) is 68.5 Å². The predicted octanol–water partition coefficient (Wildman–Crippen LogP) is 5.13. The van der Waals surface area contributed by atoms with Gasteiger partial charge in [-0.2, -0.15) is 0 Å². The van der Waals surface area contributed by atoms with Crippen molar-refractivity contribution in [2.45, 2.75) is 51.9 Å². The minimum atomic E-state index is -0.586. The third-order valence-corrected chi connectivity index (χ3v) is 7.23. The lowest BCUT2D eigenvalue weighted by molar-refractivity contribution is -0.134. The molecule has 0 aliphatic carbocycles. The summed E-state index contributed by atoms with van der Waals surface area (Å²) >= 11 is 3.26. The fraction of sp³-hybridized carbons (Fsp3) is 0.360. The number of hydrogen-bond donors (Lipinski definition) is 2. The highest BCUT2D eigenvalue weighted by molar-refractivity contribution is 7.10. The van der Waals surface area contributed by atoms with E-state index in [1.807, 2.05) is 58.1 Å². The Kier molecular flexibility index (Phi) is 8.43. The van der Waals surface area contributed by atoms with Crippen molar-refractivity contribution < 1.29 is 19.1 Å². The zero-order valence-electron chi connectivity index (χ0n) is 19.1. The van der Waals surface area contributed by atoms with Gasteiger partial charge in [-0.25, -0.2) is 4.79 Å². The summed E-state index contributed by atoms with van der Waals surface area (Å²) in [4.78, 5) is 30.4. The topological polar surface area (TPSA) is 79.9 Å². The molecular formula is C25H29N3O4S2. The summed E-state index contributed by atoms with van der Waals surface area (Å²) in [5.74, 6) is 1.32. The monoisotopic (exact) mass is 499 g/mol. The maximum Gasteiger partial charge on any atom is 0.315 e. The maximum atomic E-state index is 13.6. The van der Waals surface area contributed by atoms with E-state index in [9.17, 15) is 9.59 Å². The van der Waals surface area contributed by atoms with Crippen LogP contribution in [-0.4, -0.2) is 29.7 Å². The number of carbonyl (C=O) groups is 2. The molecule has 0 radical (unpaired) electrons. The lowest BCUT2D eigenvalue weighted by Crippen LogP contribution is -2.50. The summed E-state index contributed by atoms with van der Waals surface area (Å²) in [6, 6.07) is 12.7. The van der Waals surface area contributed by atoms with Crippen LogP contribution in [0.2, 0.25) is 0 Å². The zero-order valence-corrected chi connectivity index (χ0v) is 20.8. The lowest BCUT2D eigenvalue weighted by Gasteiger charge is -2.27. The number of fused-ring (bicyclic) bond motifs is 1. The van der Waals surface area contributed by atoms with Gasteiger partial charge in [-0.05, 0) is 47.0 Å². The van der Waals surface area contributed by atoms with Gasteiger partial charge in [0.25, 0.3) is 0 Å². The minimum Gasteiger partial charge on any atom is -0.454 e. The van der Waals surface area contributed by atoms with E-state index >= 15 is 0 Å². The smallest absolute Gasteiger partial charge is 0.315 e. The van der Waals surface area contributed by atoms with Gasteiger partial charge in [-0.3, -0.25) is 4.79 Å². The molecule has 0 bridgehead atoms. The lowest BCUT2D eigenvalue weighted by atomic mass is 10.1. The van der Waals surface area contributed by atoms with Crippen LogP contribution in [-0.2, 0) is 24.4 Å². The molecule has 3 amide bonds. The van der Waals surface area contributed by atoms with Crippen LogP contribution in [0.15, 0.2) is 53.2 Å². The van der Waals surface area contributed by atoms with Crippen molar-refractivity contribution in [1.82, 2.24) is 15.5 Å². The summed E-state index contributed by atoms with van der Waals surface area (Å²) < 4.78 is 10.7. The van der Waals surface area contributed by atoms with Crippen LogP contribution in [0.4, 0.5) is 4.79 Å². The summed E-state index contributed by atoms with van der Waals surface area (Å²) in [6.45, 7) is 3.66. The number of nitrogens with zero attached hydrogens (tertiary/aromatic N) is 1. The third kappa shape index (κ3) is 6.51. The molecule has 1 aliphatic rings. The van der Waals surface area contributed by atoms with Gasteiger partial charge >= 0.3 is 6.03 Å². The Hall–Kier alpha value is -3.04. The van der Waals surface area contributed by atoms with E-state index < -0.39 is 6.04 Å². The number of hydrogen-bond acceptors (Lipinski definition) is 6. The third-order valence-electron chi connectivity index (χ3n) is 5.51. The van der Waals surface area contributed by atoms with E-state index in [4.69, 9.17) is 9.47 Å². The fourth-order valence-electron chi connectivity index (χ4n) is 3.72. The SMILES string of the molecule is CCCC[C@H](NC(=O)NCc1ccc2c(c1)OCO2)C(=O)N(Cc1cccs1)Cc1cccs1. The highest BCUT2D eigenvalue weighted by atomic mass is 32.1. The number of rotatable bonds is 11. The van der Waals surface area contributed by atoms with Gasteiger partial charge in [0.05, 0.1) is 13.1 Å². The number of urea groups is 1. The highest BCUT2D eigenvalue weighted by Crippen LogP contribution is 2.32. The Morgan fingerprint density at radius 2 is 1.74 bits per heavy atom. The van der Waals surface area contributed by atoms with Crippen LogP contribution >= 0.6 is 22.7 Å². The van der Waals surface area contributed by atoms with Crippen molar-refractivity contribution >= 4 is 34.6 Å². The second-order valence-corrected chi connectivity index (χ2v) is 10.1. The molecule has 7 nitrogen and oxygen atoms in total. The molecular weight excluding hydrogens is 470 g/mol. The molecule has 1 aromatic carbocycles. The summed E-state index contributed by atoms with van der Waals surface area (Å²) in [6.07, 6.45) is 2.39. The van der Waals surface area contributed by atoms with E-state index in [0.29, 0.717) is 37.6 Å². The molecule has 9 heteroatoms. The Morgan fingerprint density at radius 3 is 2.38 bits per heavy atom. The van der Waals surface area contributed by atoms with Crippen molar-refractivity contribution in [1.29, 1.82) is 0 Å². The normalized spacial score (nSPS) is 12.9. The highest BCUT2D eigenvalue weighted by Gasteiger charge is 2.26. The molecule has 0 unspecified atom stereocenters. The average Bonchev–Trinajstić information content (AvgIpc) is 3.62. The first-order valence-corrected chi connectivity index (χ1v) is 13.1. The van der Waals surface area contributed by atoms with Gasteiger partial charge in [-0.15, -0.1) is 22.7 Å². The van der Waals surface area contributed by atoms with Crippen molar-refractivity contribution in [2.75, 3.05) is 6.79 Å². The number of nitrogens with one attached hydrogen (secondary N) is 2. The van der Waals surface area contributed by atoms with Crippen LogP contribution in [0, 0.1) is 0 Å². The molecule has 3 heterocycles. The van der Waals surface area contributed by atoms with Gasteiger partial charge in [0.15, 0.2) is 11.5 Å². The molecule has 2 aromatic heterocycles. The van der Waals surface area contributed by atoms with Gasteiger partial charge in [-0.1, -0.05) is 38.0 Å². The molecule has 0 saturated carbocycles. The van der Waals surface area contributed by atoms with Crippen molar-refractivity contribution in [3.63, 3.8) is 0 Å². The molecule has 2 N–H and O–H groups in total. The van der Waals surface area contributed by atoms with Gasteiger partial charge < -0.3 is 25.0 Å². The van der Waals surface area contributed by atoms with Crippen LogP contribution in [0.5, 0.6) is 11.5 Å².